The Bertz CT molecular complexity index is 151. The molecule has 0 aromatic rings. The van der Waals surface area contributed by atoms with E-state index in [1.165, 1.54) is 0 Å². The van der Waals surface area contributed by atoms with Gasteiger partial charge in [-0.05, 0) is 12.8 Å². The zero-order valence-electron chi connectivity index (χ0n) is 8.68. The zero-order valence-corrected chi connectivity index (χ0v) is 10.7. The fourth-order valence-electron chi connectivity index (χ4n) is 0.679. The van der Waals surface area contributed by atoms with Crippen molar-refractivity contribution in [1.29, 1.82) is 0 Å². The number of hydrogen-bond acceptors (Lipinski definition) is 4. The largest absolute Gasteiger partial charge is 3.00 e. The van der Waals surface area contributed by atoms with Gasteiger partial charge in [-0.2, -0.15) is 0 Å². The molecule has 0 saturated carbocycles. The van der Waals surface area contributed by atoms with Crippen LogP contribution in [0.1, 0.15) is 39.5 Å². The molecule has 0 aliphatic carbocycles. The average Bonchev–Trinajstić information content (AvgIpc) is 2.05. The number of phosphoric acid groups is 1. The molecular weight excluding hydrogens is 247 g/mol. The normalized spacial score (nSPS) is 11.1. The monoisotopic (exact) mass is 265 g/mol. The smallest absolute Gasteiger partial charge is 0.756 e. The quantitative estimate of drug-likeness (QED) is 0.383. The topological polar surface area (TPSA) is 58.6 Å². The summed E-state index contributed by atoms with van der Waals surface area (Å²) in [4.78, 5) is 11.0. The van der Waals surface area contributed by atoms with Crippen LogP contribution in [0.4, 0.5) is 0 Å². The maximum atomic E-state index is 11.0. The minimum Gasteiger partial charge on any atom is -0.756 e. The zero-order chi connectivity index (χ0) is 10.2. The molecule has 85 valence electrons. The van der Waals surface area contributed by atoms with Crippen LogP contribution in [-0.2, 0) is 30.7 Å². The second-order valence-corrected chi connectivity index (χ2v) is 4.23. The fraction of sp³-hybridized carbons (Fsp3) is 1.00. The molecule has 0 bridgehead atoms. The van der Waals surface area contributed by atoms with Crippen LogP contribution in [0.5, 0.6) is 0 Å². The first-order valence-corrected chi connectivity index (χ1v) is 6.18. The second kappa shape index (κ2) is 10.2. The Morgan fingerprint density at radius 2 is 1.43 bits per heavy atom. The molecule has 0 N–H and O–H groups in total. The summed E-state index contributed by atoms with van der Waals surface area (Å²) in [6.07, 6.45) is 3.30. The Kier molecular flexibility index (Phi) is 12.4. The molecular formula is C8H18FeO4P+2. The van der Waals surface area contributed by atoms with Crippen LogP contribution >= 0.6 is 7.82 Å². The second-order valence-electron chi connectivity index (χ2n) is 2.82. The number of phosphoric ester groups is 1. The molecule has 0 amide bonds. The third-order valence-electron chi connectivity index (χ3n) is 1.49. The first kappa shape index (κ1) is 17.0. The van der Waals surface area contributed by atoms with Crippen molar-refractivity contribution in [2.24, 2.45) is 0 Å². The third-order valence-corrected chi connectivity index (χ3v) is 2.49. The standard InChI is InChI=1S/C8H19O4P.Fe/c1-3-5-7-11-13(9,10)12-8-6-4-2;/h3-8H2,1-2H3,(H,9,10);/q;+3/p-1. The van der Waals surface area contributed by atoms with E-state index in [0.717, 1.165) is 25.7 Å². The van der Waals surface area contributed by atoms with Crippen molar-refractivity contribution in [3.63, 3.8) is 0 Å². The van der Waals surface area contributed by atoms with E-state index >= 15 is 0 Å². The predicted molar refractivity (Wildman–Crippen MR) is 49.3 cm³/mol. The van der Waals surface area contributed by atoms with E-state index in [2.05, 4.69) is 9.05 Å². The van der Waals surface area contributed by atoms with Crippen molar-refractivity contribution in [1.82, 2.24) is 0 Å². The molecule has 4 nitrogen and oxygen atoms in total. The van der Waals surface area contributed by atoms with E-state index in [0.29, 0.717) is 0 Å². The van der Waals surface area contributed by atoms with E-state index in [1.807, 2.05) is 13.8 Å². The summed E-state index contributed by atoms with van der Waals surface area (Å²) in [6.45, 7) is 4.39. The SMILES string of the molecule is CCCCOP(=O)([O-])OCCCC.[Fe+3]. The summed E-state index contributed by atoms with van der Waals surface area (Å²) < 4.78 is 20.2. The Balaban J connectivity index is 0. The van der Waals surface area contributed by atoms with Crippen molar-refractivity contribution in [2.75, 3.05) is 13.2 Å². The van der Waals surface area contributed by atoms with Crippen molar-refractivity contribution in [3.8, 4) is 0 Å². The Morgan fingerprint density at radius 1 is 1.07 bits per heavy atom. The van der Waals surface area contributed by atoms with Gasteiger partial charge in [0.15, 0.2) is 0 Å². The molecule has 0 unspecified atom stereocenters. The van der Waals surface area contributed by atoms with Gasteiger partial charge in [0.05, 0.1) is 13.2 Å². The van der Waals surface area contributed by atoms with Crippen LogP contribution in [-0.4, -0.2) is 13.2 Å². The molecule has 0 saturated heterocycles. The summed E-state index contributed by atoms with van der Waals surface area (Å²) in [6, 6.07) is 0. The summed E-state index contributed by atoms with van der Waals surface area (Å²) in [7, 11) is -4.00. The van der Waals surface area contributed by atoms with Crippen LogP contribution in [0.3, 0.4) is 0 Å². The molecule has 0 fully saturated rings. The van der Waals surface area contributed by atoms with Crippen molar-refractivity contribution in [3.05, 3.63) is 0 Å². The summed E-state index contributed by atoms with van der Waals surface area (Å²) in [5.41, 5.74) is 0. The van der Waals surface area contributed by atoms with Gasteiger partial charge in [0.25, 0.3) is 7.82 Å². The van der Waals surface area contributed by atoms with Crippen LogP contribution in [0.25, 0.3) is 0 Å². The Labute approximate surface area is 96.5 Å². The van der Waals surface area contributed by atoms with Crippen molar-refractivity contribution in [2.45, 2.75) is 39.5 Å². The molecule has 0 atom stereocenters. The van der Waals surface area contributed by atoms with E-state index in [1.54, 1.807) is 0 Å². The average molecular weight is 265 g/mol. The van der Waals surface area contributed by atoms with Crippen LogP contribution in [0.2, 0.25) is 0 Å². The van der Waals surface area contributed by atoms with Gasteiger partial charge in [0, 0.05) is 0 Å². The summed E-state index contributed by atoms with van der Waals surface area (Å²) in [5, 5.41) is 0. The van der Waals surface area contributed by atoms with Gasteiger partial charge in [-0.25, -0.2) is 0 Å². The van der Waals surface area contributed by atoms with E-state index in [4.69, 9.17) is 0 Å². The first-order chi connectivity index (χ1) is 6.12. The summed E-state index contributed by atoms with van der Waals surface area (Å²) in [5.74, 6) is 0. The number of hydrogen-bond donors (Lipinski definition) is 0. The minimum atomic E-state index is -4.00. The van der Waals surface area contributed by atoms with Gasteiger partial charge in [-0.15, -0.1) is 0 Å². The molecule has 6 heteroatoms. The molecule has 0 aromatic heterocycles. The maximum Gasteiger partial charge on any atom is 3.00 e. The Hall–Kier alpha value is 0.629. The fourth-order valence-corrected chi connectivity index (χ4v) is 1.46. The minimum absolute atomic E-state index is 0. The predicted octanol–water partition coefficient (Wildman–Crippen LogP) is 2.09. The molecule has 0 aromatic carbocycles. The van der Waals surface area contributed by atoms with Gasteiger partial charge < -0.3 is 13.9 Å². The van der Waals surface area contributed by atoms with Crippen LogP contribution < -0.4 is 4.89 Å². The van der Waals surface area contributed by atoms with E-state index in [9.17, 15) is 9.46 Å². The molecule has 0 aliphatic heterocycles. The summed E-state index contributed by atoms with van der Waals surface area (Å²) >= 11 is 0. The van der Waals surface area contributed by atoms with Crippen LogP contribution in [0.15, 0.2) is 0 Å². The van der Waals surface area contributed by atoms with Gasteiger partial charge in [-0.3, -0.25) is 4.57 Å². The van der Waals surface area contributed by atoms with Gasteiger partial charge in [0.1, 0.15) is 0 Å². The molecule has 14 heavy (non-hydrogen) atoms. The maximum absolute atomic E-state index is 11.0. The first-order valence-electron chi connectivity index (χ1n) is 4.72. The van der Waals surface area contributed by atoms with E-state index in [-0.39, 0.29) is 30.3 Å². The molecule has 1 radical (unpaired) electrons. The van der Waals surface area contributed by atoms with Crippen molar-refractivity contribution >= 4 is 7.82 Å². The molecule has 0 aliphatic rings. The third kappa shape index (κ3) is 10.7. The molecule has 0 heterocycles. The van der Waals surface area contributed by atoms with E-state index < -0.39 is 7.82 Å². The Morgan fingerprint density at radius 3 is 1.71 bits per heavy atom. The molecule has 0 spiro atoms. The number of unbranched alkanes of at least 4 members (excludes halogenated alkanes) is 2. The van der Waals surface area contributed by atoms with Gasteiger partial charge in [0.2, 0.25) is 0 Å². The van der Waals surface area contributed by atoms with Gasteiger partial charge in [-0.1, -0.05) is 26.7 Å². The van der Waals surface area contributed by atoms with Crippen LogP contribution in [0, 0.1) is 0 Å². The van der Waals surface area contributed by atoms with Gasteiger partial charge >= 0.3 is 17.1 Å². The number of rotatable bonds is 8. The molecule has 0 rings (SSSR count). The van der Waals surface area contributed by atoms with Crippen molar-refractivity contribution < 1.29 is 35.6 Å².